The van der Waals surface area contributed by atoms with E-state index in [4.69, 9.17) is 16.3 Å². The molecule has 0 saturated carbocycles. The van der Waals surface area contributed by atoms with Gasteiger partial charge in [0.1, 0.15) is 27.6 Å². The average Bonchev–Trinajstić information content (AvgIpc) is 2.75. The minimum absolute atomic E-state index is 0.301. The summed E-state index contributed by atoms with van der Waals surface area (Å²) < 4.78 is 0. The van der Waals surface area contributed by atoms with Crippen LogP contribution in [0.4, 0.5) is 10.7 Å². The fourth-order valence-corrected chi connectivity index (χ4v) is 3.17. The van der Waals surface area contributed by atoms with E-state index in [9.17, 15) is 0 Å². The largest absolute Gasteiger partial charge is 0.396 e. The number of rotatable bonds is 4. The first-order valence-electron chi connectivity index (χ1n) is 6.45. The molecule has 1 saturated heterocycles. The highest BCUT2D eigenvalue weighted by Gasteiger charge is 2.16. The van der Waals surface area contributed by atoms with Crippen molar-refractivity contribution < 1.29 is 0 Å². The highest BCUT2D eigenvalue weighted by molar-refractivity contribution is 7.17. The van der Waals surface area contributed by atoms with Crippen molar-refractivity contribution in [2.24, 2.45) is 0 Å². The minimum Gasteiger partial charge on any atom is -0.396 e. The van der Waals surface area contributed by atoms with E-state index in [-0.39, 0.29) is 0 Å². The highest BCUT2D eigenvalue weighted by Crippen LogP contribution is 2.34. The zero-order valence-electron chi connectivity index (χ0n) is 10.8. The van der Waals surface area contributed by atoms with Gasteiger partial charge in [-0.25, -0.2) is 0 Å². The topological polar surface area (TPSA) is 88.9 Å². The molecule has 0 unspecified atom stereocenters. The van der Waals surface area contributed by atoms with Crippen molar-refractivity contribution in [1.29, 1.82) is 10.5 Å². The first-order chi connectivity index (χ1) is 9.26. The van der Waals surface area contributed by atoms with Gasteiger partial charge in [-0.1, -0.05) is 6.42 Å². The van der Waals surface area contributed by atoms with Gasteiger partial charge in [-0.3, -0.25) is 0 Å². The quantitative estimate of drug-likeness (QED) is 0.877. The fourth-order valence-electron chi connectivity index (χ4n) is 2.27. The van der Waals surface area contributed by atoms with Crippen molar-refractivity contribution in [2.45, 2.75) is 19.3 Å². The van der Waals surface area contributed by atoms with Crippen LogP contribution in [0.15, 0.2) is 0 Å². The summed E-state index contributed by atoms with van der Waals surface area (Å²) in [5.41, 5.74) is 6.46. The van der Waals surface area contributed by atoms with E-state index in [1.807, 2.05) is 6.07 Å². The molecule has 1 aliphatic rings. The summed E-state index contributed by atoms with van der Waals surface area (Å²) in [7, 11) is 0. The Balaban J connectivity index is 1.92. The van der Waals surface area contributed by atoms with E-state index in [0.717, 1.165) is 26.2 Å². The molecule has 3 N–H and O–H groups in total. The van der Waals surface area contributed by atoms with Gasteiger partial charge >= 0.3 is 0 Å². The van der Waals surface area contributed by atoms with Gasteiger partial charge in [0.15, 0.2) is 0 Å². The molecule has 1 fully saturated rings. The Morgan fingerprint density at radius 2 is 1.95 bits per heavy atom. The van der Waals surface area contributed by atoms with Crippen molar-refractivity contribution in [3.63, 3.8) is 0 Å². The molecule has 0 aliphatic carbocycles. The third kappa shape index (κ3) is 3.17. The van der Waals surface area contributed by atoms with Gasteiger partial charge < -0.3 is 16.0 Å². The first-order valence-corrected chi connectivity index (χ1v) is 7.26. The lowest BCUT2D eigenvalue weighted by Gasteiger charge is -2.26. The van der Waals surface area contributed by atoms with Crippen LogP contribution in [0.3, 0.4) is 0 Å². The summed E-state index contributed by atoms with van der Waals surface area (Å²) in [6.45, 7) is 4.05. The van der Waals surface area contributed by atoms with Crippen LogP contribution in [0.1, 0.15) is 29.7 Å². The van der Waals surface area contributed by atoms with E-state index >= 15 is 0 Å². The number of nitrogens with one attached hydrogen (secondary N) is 1. The van der Waals surface area contributed by atoms with Crippen LogP contribution in [0.2, 0.25) is 0 Å². The molecule has 2 heterocycles. The van der Waals surface area contributed by atoms with E-state index < -0.39 is 0 Å². The van der Waals surface area contributed by atoms with Gasteiger partial charge in [-0.05, 0) is 25.9 Å². The summed E-state index contributed by atoms with van der Waals surface area (Å²) in [6, 6.07) is 4.09. The monoisotopic (exact) mass is 275 g/mol. The van der Waals surface area contributed by atoms with Gasteiger partial charge in [-0.15, -0.1) is 11.3 Å². The molecule has 6 heteroatoms. The molecule has 0 atom stereocenters. The molecule has 0 bridgehead atoms. The second kappa shape index (κ2) is 6.42. The van der Waals surface area contributed by atoms with Crippen molar-refractivity contribution in [2.75, 3.05) is 37.2 Å². The molecule has 1 aromatic heterocycles. The molecule has 2 rings (SSSR count). The summed E-state index contributed by atoms with van der Waals surface area (Å²) >= 11 is 1.26. The molecule has 5 nitrogen and oxygen atoms in total. The molecule has 19 heavy (non-hydrogen) atoms. The Kier molecular flexibility index (Phi) is 4.62. The number of piperidine rings is 1. The number of anilines is 2. The molecule has 1 aliphatic heterocycles. The lowest BCUT2D eigenvalue weighted by atomic mass is 10.1. The van der Waals surface area contributed by atoms with E-state index in [2.05, 4.69) is 16.3 Å². The number of hydrogen-bond donors (Lipinski definition) is 2. The summed E-state index contributed by atoms with van der Waals surface area (Å²) in [5.74, 6) is 0. The van der Waals surface area contributed by atoms with Crippen LogP contribution in [0.5, 0.6) is 0 Å². The van der Waals surface area contributed by atoms with Crippen LogP contribution < -0.4 is 11.1 Å². The van der Waals surface area contributed by atoms with Crippen LogP contribution >= 0.6 is 11.3 Å². The number of thiophene rings is 1. The smallest absolute Gasteiger partial charge is 0.131 e. The predicted molar refractivity (Wildman–Crippen MR) is 76.9 cm³/mol. The summed E-state index contributed by atoms with van der Waals surface area (Å²) in [5, 5.41) is 21.9. The van der Waals surface area contributed by atoms with Gasteiger partial charge in [0, 0.05) is 13.1 Å². The number of nitrogen functional groups attached to an aromatic ring is 1. The lowest BCUT2D eigenvalue weighted by Crippen LogP contribution is -2.33. The molecular formula is C13H17N5S. The average molecular weight is 275 g/mol. The summed E-state index contributed by atoms with van der Waals surface area (Å²) in [6.07, 6.45) is 3.87. The first kappa shape index (κ1) is 13.7. The molecular weight excluding hydrogens is 258 g/mol. The van der Waals surface area contributed by atoms with Gasteiger partial charge in [-0.2, -0.15) is 10.5 Å². The molecule has 0 amide bonds. The van der Waals surface area contributed by atoms with Crippen molar-refractivity contribution >= 4 is 22.0 Å². The molecule has 100 valence electrons. The van der Waals surface area contributed by atoms with Gasteiger partial charge in [0.05, 0.1) is 5.69 Å². The minimum atomic E-state index is 0.301. The van der Waals surface area contributed by atoms with E-state index in [1.165, 1.54) is 30.6 Å². The third-order valence-electron chi connectivity index (χ3n) is 3.32. The van der Waals surface area contributed by atoms with Crippen LogP contribution in [0.25, 0.3) is 0 Å². The Morgan fingerprint density at radius 1 is 1.21 bits per heavy atom. The van der Waals surface area contributed by atoms with E-state index in [1.54, 1.807) is 0 Å². The lowest BCUT2D eigenvalue weighted by molar-refractivity contribution is 0.237. The van der Waals surface area contributed by atoms with Crippen molar-refractivity contribution in [3.05, 3.63) is 10.4 Å². The highest BCUT2D eigenvalue weighted by atomic mass is 32.1. The maximum Gasteiger partial charge on any atom is 0.131 e. The Bertz CT molecular complexity index is 516. The molecule has 0 radical (unpaired) electrons. The normalized spacial score (nSPS) is 15.7. The predicted octanol–water partition coefficient (Wildman–Crippen LogP) is 1.97. The molecule has 1 aromatic rings. The summed E-state index contributed by atoms with van der Waals surface area (Å²) in [4.78, 5) is 2.84. The van der Waals surface area contributed by atoms with Gasteiger partial charge in [0.2, 0.25) is 0 Å². The zero-order valence-corrected chi connectivity index (χ0v) is 11.6. The van der Waals surface area contributed by atoms with Crippen molar-refractivity contribution in [1.82, 2.24) is 4.90 Å². The van der Waals surface area contributed by atoms with Crippen molar-refractivity contribution in [3.8, 4) is 12.1 Å². The molecule has 0 spiro atoms. The maximum atomic E-state index is 9.07. The third-order valence-corrected chi connectivity index (χ3v) is 4.39. The Morgan fingerprint density at radius 3 is 2.58 bits per heavy atom. The number of nitriles is 2. The Labute approximate surface area is 117 Å². The maximum absolute atomic E-state index is 9.07. The molecule has 0 aromatic carbocycles. The second-order valence-corrected chi connectivity index (χ2v) is 5.62. The van der Waals surface area contributed by atoms with Gasteiger partial charge in [0.25, 0.3) is 0 Å². The number of likely N-dealkylation sites (tertiary alicyclic amines) is 1. The standard InChI is InChI=1S/C13H17N5S/c14-8-10-12(16)11(9-15)19-13(10)17-4-7-18-5-2-1-3-6-18/h17H,1-7,16H2. The zero-order chi connectivity index (χ0) is 13.7. The van der Waals surface area contributed by atoms with Crippen LogP contribution in [0, 0.1) is 22.7 Å². The Hall–Kier alpha value is -1.76. The van der Waals surface area contributed by atoms with Crippen LogP contribution in [-0.4, -0.2) is 31.1 Å². The van der Waals surface area contributed by atoms with Crippen LogP contribution in [-0.2, 0) is 0 Å². The second-order valence-electron chi connectivity index (χ2n) is 4.60. The SMILES string of the molecule is N#Cc1sc(NCCN2CCCCC2)c(C#N)c1N. The van der Waals surface area contributed by atoms with E-state index in [0.29, 0.717) is 21.1 Å². The fraction of sp³-hybridized carbons (Fsp3) is 0.538. The number of hydrogen-bond acceptors (Lipinski definition) is 6. The number of nitrogens with zero attached hydrogens (tertiary/aromatic N) is 3. The number of nitrogens with two attached hydrogens (primary N) is 1.